The molecule has 0 saturated carbocycles. The minimum absolute atomic E-state index is 0.146. The Morgan fingerprint density at radius 1 is 1.13 bits per heavy atom. The number of fused-ring (bicyclic) bond motifs is 1. The maximum absolute atomic E-state index is 13.1. The minimum atomic E-state index is -0.304. The number of pyridine rings is 1. The molecular weight excluding hydrogens is 414 g/mol. The fourth-order valence-corrected chi connectivity index (χ4v) is 4.16. The number of morpholine rings is 1. The Morgan fingerprint density at radius 2 is 1.84 bits per heavy atom. The second-order valence-electron chi connectivity index (χ2n) is 8.28. The molecule has 2 heterocycles. The van der Waals surface area contributed by atoms with Crippen molar-refractivity contribution in [3.05, 3.63) is 69.5 Å². The fraction of sp³-hybridized carbons (Fsp3) is 0.333. The smallest absolute Gasteiger partial charge is 0.265 e. The van der Waals surface area contributed by atoms with Crippen molar-refractivity contribution in [2.45, 2.75) is 19.4 Å². The van der Waals surface area contributed by atoms with Crippen molar-refractivity contribution in [2.75, 3.05) is 32.8 Å². The summed E-state index contributed by atoms with van der Waals surface area (Å²) in [7, 11) is 0. The Morgan fingerprint density at radius 3 is 2.55 bits per heavy atom. The van der Waals surface area contributed by atoms with Gasteiger partial charge in [0.25, 0.3) is 5.56 Å². The van der Waals surface area contributed by atoms with Gasteiger partial charge in [0.05, 0.1) is 31.0 Å². The van der Waals surface area contributed by atoms with E-state index < -0.39 is 0 Å². The first-order valence-electron chi connectivity index (χ1n) is 10.3. The lowest BCUT2D eigenvalue weighted by Crippen LogP contribution is -2.51. The molecule has 1 fully saturated rings. The van der Waals surface area contributed by atoms with Gasteiger partial charge in [0.15, 0.2) is 0 Å². The number of hydrogen-bond donors (Lipinski definition) is 1. The second kappa shape index (κ2) is 8.83. The molecule has 4 rings (SSSR count). The summed E-state index contributed by atoms with van der Waals surface area (Å²) >= 11 is 6.13. The van der Waals surface area contributed by atoms with Crippen molar-refractivity contribution in [3.8, 4) is 11.6 Å². The van der Waals surface area contributed by atoms with E-state index in [0.717, 1.165) is 26.3 Å². The topological polar surface area (TPSA) is 67.1 Å². The summed E-state index contributed by atoms with van der Waals surface area (Å²) in [5.74, 6) is -0.154. The van der Waals surface area contributed by atoms with Crippen LogP contribution in [0.4, 0.5) is 0 Å². The molecule has 0 aliphatic carbocycles. The van der Waals surface area contributed by atoms with Crippen LogP contribution >= 0.6 is 11.6 Å². The van der Waals surface area contributed by atoms with Gasteiger partial charge in [0.2, 0.25) is 5.88 Å². The van der Waals surface area contributed by atoms with E-state index in [1.165, 1.54) is 4.57 Å². The van der Waals surface area contributed by atoms with Gasteiger partial charge in [-0.3, -0.25) is 14.7 Å². The van der Waals surface area contributed by atoms with Gasteiger partial charge in [0.1, 0.15) is 0 Å². The van der Waals surface area contributed by atoms with E-state index in [1.54, 1.807) is 36.5 Å². The Labute approximate surface area is 186 Å². The molecule has 0 radical (unpaired) electrons. The van der Waals surface area contributed by atoms with Gasteiger partial charge in [-0.15, -0.1) is 0 Å². The number of nitrogens with zero attached hydrogens (tertiary/aromatic N) is 3. The van der Waals surface area contributed by atoms with Crippen LogP contribution in [0.25, 0.3) is 16.5 Å². The van der Waals surface area contributed by atoms with Crippen LogP contribution in [0.15, 0.2) is 58.3 Å². The number of aromatic nitrogens is 1. The summed E-state index contributed by atoms with van der Waals surface area (Å²) in [6, 6.07) is 14.1. The summed E-state index contributed by atoms with van der Waals surface area (Å²) in [5.41, 5.74) is 0.561. The number of hydrogen-bond acceptors (Lipinski definition) is 5. The average Bonchev–Trinajstić information content (AvgIpc) is 2.77. The van der Waals surface area contributed by atoms with Gasteiger partial charge in [-0.05, 0) is 38.1 Å². The molecule has 6 nitrogen and oxygen atoms in total. The highest BCUT2D eigenvalue weighted by Crippen LogP contribution is 2.27. The zero-order valence-corrected chi connectivity index (χ0v) is 18.5. The Hall–Kier alpha value is -2.67. The monoisotopic (exact) mass is 439 g/mol. The Bertz CT molecular complexity index is 1180. The third-order valence-corrected chi connectivity index (χ3v) is 5.97. The lowest BCUT2D eigenvalue weighted by molar-refractivity contribution is -0.00676. The number of rotatable bonds is 5. The first-order valence-corrected chi connectivity index (χ1v) is 10.7. The number of halogens is 1. The molecule has 2 aromatic carbocycles. The van der Waals surface area contributed by atoms with E-state index in [-0.39, 0.29) is 17.0 Å². The van der Waals surface area contributed by atoms with E-state index in [9.17, 15) is 9.90 Å². The highest BCUT2D eigenvalue weighted by molar-refractivity contribution is 6.30. The first kappa shape index (κ1) is 21.6. The zero-order valence-electron chi connectivity index (χ0n) is 17.7. The standard InChI is InChI=1S/C24H26ClN3O3/c1-24(2,27-10-12-31-13-11-27)16-26-15-21-19-8-3-4-9-20(19)22(29)28(23(21)30)18-7-5-6-17(25)14-18/h3-9,14-15,30H,10-13,16H2,1-2H3. The molecule has 3 aromatic rings. The second-order valence-corrected chi connectivity index (χ2v) is 8.72. The fourth-order valence-electron chi connectivity index (χ4n) is 3.97. The predicted octanol–water partition coefficient (Wildman–Crippen LogP) is 3.88. The third kappa shape index (κ3) is 4.37. The van der Waals surface area contributed by atoms with Crippen molar-refractivity contribution in [2.24, 2.45) is 4.99 Å². The van der Waals surface area contributed by atoms with Crippen LogP contribution in [-0.2, 0) is 4.74 Å². The molecule has 0 bridgehead atoms. The van der Waals surface area contributed by atoms with Gasteiger partial charge < -0.3 is 9.84 Å². The summed E-state index contributed by atoms with van der Waals surface area (Å²) < 4.78 is 6.73. The highest BCUT2D eigenvalue weighted by atomic mass is 35.5. The summed E-state index contributed by atoms with van der Waals surface area (Å²) in [6.45, 7) is 8.05. The SMILES string of the molecule is CC(C)(CN=Cc1c(O)n(-c2cccc(Cl)c2)c(=O)c2ccccc12)N1CCOCC1. The number of ether oxygens (including phenoxy) is 1. The zero-order chi connectivity index (χ0) is 22.0. The van der Waals surface area contributed by atoms with Crippen molar-refractivity contribution in [1.29, 1.82) is 0 Å². The molecule has 31 heavy (non-hydrogen) atoms. The molecule has 1 aliphatic heterocycles. The van der Waals surface area contributed by atoms with Gasteiger partial charge >= 0.3 is 0 Å². The van der Waals surface area contributed by atoms with Crippen molar-refractivity contribution >= 4 is 28.6 Å². The predicted molar refractivity (Wildman–Crippen MR) is 125 cm³/mol. The molecule has 162 valence electrons. The van der Waals surface area contributed by atoms with Crippen LogP contribution in [0.1, 0.15) is 19.4 Å². The maximum Gasteiger partial charge on any atom is 0.265 e. The van der Waals surface area contributed by atoms with Gasteiger partial charge in [-0.1, -0.05) is 35.9 Å². The Balaban J connectivity index is 1.77. The third-order valence-electron chi connectivity index (χ3n) is 5.74. The molecule has 0 atom stereocenters. The van der Waals surface area contributed by atoms with E-state index in [2.05, 4.69) is 23.7 Å². The highest BCUT2D eigenvalue weighted by Gasteiger charge is 2.27. The van der Waals surface area contributed by atoms with Crippen LogP contribution in [0.5, 0.6) is 5.88 Å². The summed E-state index contributed by atoms with van der Waals surface area (Å²) in [5, 5.41) is 12.7. The molecule has 1 aliphatic rings. The van der Waals surface area contributed by atoms with Crippen LogP contribution < -0.4 is 5.56 Å². The minimum Gasteiger partial charge on any atom is -0.494 e. The number of aromatic hydroxyl groups is 1. The summed E-state index contributed by atoms with van der Waals surface area (Å²) in [6.07, 6.45) is 1.67. The molecule has 1 saturated heterocycles. The average molecular weight is 440 g/mol. The van der Waals surface area contributed by atoms with Gasteiger partial charge in [-0.25, -0.2) is 4.57 Å². The molecule has 1 aromatic heterocycles. The normalized spacial score (nSPS) is 15.7. The lowest BCUT2D eigenvalue weighted by Gasteiger charge is -2.39. The molecule has 0 unspecified atom stereocenters. The van der Waals surface area contributed by atoms with Crippen LogP contribution in [0.3, 0.4) is 0 Å². The van der Waals surface area contributed by atoms with E-state index in [1.807, 2.05) is 18.2 Å². The lowest BCUT2D eigenvalue weighted by atomic mass is 10.0. The van der Waals surface area contributed by atoms with Crippen molar-refractivity contribution in [3.63, 3.8) is 0 Å². The molecular formula is C24H26ClN3O3. The Kier molecular flexibility index (Phi) is 6.14. The van der Waals surface area contributed by atoms with Crippen LogP contribution in [0.2, 0.25) is 5.02 Å². The molecule has 0 amide bonds. The summed E-state index contributed by atoms with van der Waals surface area (Å²) in [4.78, 5) is 20.2. The molecule has 1 N–H and O–H groups in total. The van der Waals surface area contributed by atoms with Crippen LogP contribution in [0, 0.1) is 0 Å². The number of aliphatic imine (C=N–C) groups is 1. The maximum atomic E-state index is 13.1. The van der Waals surface area contributed by atoms with Crippen molar-refractivity contribution in [1.82, 2.24) is 9.47 Å². The number of benzene rings is 2. The first-order chi connectivity index (χ1) is 14.9. The van der Waals surface area contributed by atoms with Gasteiger partial charge in [0, 0.05) is 40.6 Å². The largest absolute Gasteiger partial charge is 0.494 e. The van der Waals surface area contributed by atoms with Crippen LogP contribution in [-0.4, -0.2) is 59.2 Å². The molecule has 0 spiro atoms. The van der Waals surface area contributed by atoms with E-state index in [0.29, 0.717) is 33.6 Å². The van der Waals surface area contributed by atoms with Crippen molar-refractivity contribution < 1.29 is 9.84 Å². The molecule has 7 heteroatoms. The van der Waals surface area contributed by atoms with Gasteiger partial charge in [-0.2, -0.15) is 0 Å². The van der Waals surface area contributed by atoms with E-state index in [4.69, 9.17) is 16.3 Å². The van der Waals surface area contributed by atoms with E-state index >= 15 is 0 Å². The quantitative estimate of drug-likeness (QED) is 0.612.